The van der Waals surface area contributed by atoms with E-state index in [1.807, 2.05) is 0 Å². The number of aromatic nitrogens is 3. The molecule has 1 aromatic rings. The third-order valence-corrected chi connectivity index (χ3v) is 3.44. The number of hydrogen-bond acceptors (Lipinski definition) is 6. The average Bonchev–Trinajstić information content (AvgIpc) is 2.37. The number of nitrogens with zero attached hydrogens (tertiary/aromatic N) is 4. The smallest absolute Gasteiger partial charge is 0.231 e. The van der Waals surface area contributed by atoms with Crippen LogP contribution in [0.25, 0.3) is 0 Å². The number of nitrogens with one attached hydrogen (secondary N) is 1. The van der Waals surface area contributed by atoms with Crippen molar-refractivity contribution in [3.63, 3.8) is 0 Å². The Morgan fingerprint density at radius 1 is 1.10 bits per heavy atom. The Balaban J connectivity index is 2.00. The molecule has 0 amide bonds. The lowest BCUT2D eigenvalue weighted by Crippen LogP contribution is -2.31. The van der Waals surface area contributed by atoms with Crippen molar-refractivity contribution in [2.75, 3.05) is 35.6 Å². The van der Waals surface area contributed by atoms with Gasteiger partial charge in [-0.05, 0) is 31.1 Å². The van der Waals surface area contributed by atoms with E-state index in [1.165, 1.54) is 19.3 Å². The molecule has 3 N–H and O–H groups in total. The first-order valence-corrected chi connectivity index (χ1v) is 7.44. The van der Waals surface area contributed by atoms with Gasteiger partial charge >= 0.3 is 0 Å². The van der Waals surface area contributed by atoms with Crippen LogP contribution in [0.3, 0.4) is 0 Å². The topological polar surface area (TPSA) is 80.0 Å². The van der Waals surface area contributed by atoms with Crippen molar-refractivity contribution in [2.45, 2.75) is 46.5 Å². The number of nitrogens with two attached hydrogens (primary N) is 1. The third-order valence-electron chi connectivity index (χ3n) is 3.44. The summed E-state index contributed by atoms with van der Waals surface area (Å²) in [4.78, 5) is 15.1. The molecule has 112 valence electrons. The van der Waals surface area contributed by atoms with Gasteiger partial charge in [-0.15, -0.1) is 0 Å². The number of nitrogen functional groups attached to an aromatic ring is 1. The minimum Gasteiger partial charge on any atom is -0.368 e. The Kier molecular flexibility index (Phi) is 4.62. The van der Waals surface area contributed by atoms with Gasteiger partial charge in [-0.25, -0.2) is 0 Å². The highest BCUT2D eigenvalue weighted by Crippen LogP contribution is 2.20. The highest BCUT2D eigenvalue weighted by molar-refractivity contribution is 5.42. The minimum absolute atomic E-state index is 0.291. The van der Waals surface area contributed by atoms with Crippen molar-refractivity contribution in [3.8, 4) is 0 Å². The van der Waals surface area contributed by atoms with Gasteiger partial charge < -0.3 is 16.0 Å². The molecule has 0 unspecified atom stereocenters. The van der Waals surface area contributed by atoms with Crippen LogP contribution in [0.2, 0.25) is 0 Å². The van der Waals surface area contributed by atoms with E-state index in [-0.39, 0.29) is 0 Å². The first-order chi connectivity index (χ1) is 9.44. The molecule has 0 saturated carbocycles. The zero-order valence-electron chi connectivity index (χ0n) is 12.8. The maximum Gasteiger partial charge on any atom is 0.231 e. The first-order valence-electron chi connectivity index (χ1n) is 7.44. The monoisotopic (exact) mass is 278 g/mol. The molecular formula is C14H26N6. The molecule has 20 heavy (non-hydrogen) atoms. The quantitative estimate of drug-likeness (QED) is 0.879. The van der Waals surface area contributed by atoms with Crippen LogP contribution in [-0.2, 0) is 0 Å². The van der Waals surface area contributed by atoms with Gasteiger partial charge in [0.25, 0.3) is 0 Å². The Hall–Kier alpha value is -1.59. The van der Waals surface area contributed by atoms with Gasteiger partial charge in [0.1, 0.15) is 0 Å². The van der Waals surface area contributed by atoms with Crippen molar-refractivity contribution >= 4 is 17.8 Å². The van der Waals surface area contributed by atoms with Crippen LogP contribution in [0.15, 0.2) is 0 Å². The standard InChI is InChI=1S/C14H26N6/c1-14(2,3)7-8-16-12-17-11(15)18-13(19-12)20-9-5-4-6-10-20/h4-10H2,1-3H3,(H3,15,16,17,18,19). The Morgan fingerprint density at radius 2 is 1.80 bits per heavy atom. The third kappa shape index (κ3) is 4.51. The molecule has 1 aliphatic rings. The second-order valence-electron chi connectivity index (χ2n) is 6.60. The van der Waals surface area contributed by atoms with Gasteiger partial charge in [0.2, 0.25) is 17.8 Å². The van der Waals surface area contributed by atoms with Gasteiger partial charge in [-0.2, -0.15) is 15.0 Å². The molecule has 6 heteroatoms. The summed E-state index contributed by atoms with van der Waals surface area (Å²) in [5.41, 5.74) is 6.09. The van der Waals surface area contributed by atoms with Gasteiger partial charge in [-0.1, -0.05) is 20.8 Å². The van der Waals surface area contributed by atoms with E-state index < -0.39 is 0 Å². The van der Waals surface area contributed by atoms with Gasteiger partial charge in [0.05, 0.1) is 0 Å². The van der Waals surface area contributed by atoms with E-state index in [4.69, 9.17) is 5.73 Å². The minimum atomic E-state index is 0.291. The van der Waals surface area contributed by atoms with Crippen LogP contribution in [0, 0.1) is 5.41 Å². The van der Waals surface area contributed by atoms with Crippen LogP contribution in [-0.4, -0.2) is 34.6 Å². The summed E-state index contributed by atoms with van der Waals surface area (Å²) >= 11 is 0. The van der Waals surface area contributed by atoms with E-state index >= 15 is 0 Å². The Morgan fingerprint density at radius 3 is 2.45 bits per heavy atom. The lowest BCUT2D eigenvalue weighted by atomic mass is 9.92. The fourth-order valence-electron chi connectivity index (χ4n) is 2.24. The molecule has 0 aliphatic carbocycles. The molecule has 1 saturated heterocycles. The fraction of sp³-hybridized carbons (Fsp3) is 0.786. The van der Waals surface area contributed by atoms with Gasteiger partial charge in [0.15, 0.2) is 0 Å². The van der Waals surface area contributed by atoms with Crippen LogP contribution < -0.4 is 16.0 Å². The molecule has 6 nitrogen and oxygen atoms in total. The molecule has 1 fully saturated rings. The number of rotatable bonds is 4. The van der Waals surface area contributed by atoms with E-state index in [1.54, 1.807) is 0 Å². The molecule has 2 heterocycles. The maximum atomic E-state index is 5.79. The summed E-state index contributed by atoms with van der Waals surface area (Å²) in [6.45, 7) is 9.50. The van der Waals surface area contributed by atoms with Gasteiger partial charge in [-0.3, -0.25) is 0 Å². The number of anilines is 3. The van der Waals surface area contributed by atoms with E-state index in [0.717, 1.165) is 26.1 Å². The maximum absolute atomic E-state index is 5.79. The summed E-state index contributed by atoms with van der Waals surface area (Å²) in [5, 5.41) is 3.25. The Labute approximate surface area is 121 Å². The molecule has 2 rings (SSSR count). The van der Waals surface area contributed by atoms with Crippen molar-refractivity contribution < 1.29 is 0 Å². The van der Waals surface area contributed by atoms with Crippen LogP contribution >= 0.6 is 0 Å². The zero-order chi connectivity index (χ0) is 14.6. The highest BCUT2D eigenvalue weighted by atomic mass is 15.3. The molecule has 0 atom stereocenters. The van der Waals surface area contributed by atoms with E-state index in [9.17, 15) is 0 Å². The first kappa shape index (κ1) is 14.8. The molecule has 0 bridgehead atoms. The predicted octanol–water partition coefficient (Wildman–Crippen LogP) is 2.29. The van der Waals surface area contributed by atoms with Crippen LogP contribution in [0.4, 0.5) is 17.8 Å². The number of piperidine rings is 1. The van der Waals surface area contributed by atoms with Crippen molar-refractivity contribution in [1.82, 2.24) is 15.0 Å². The van der Waals surface area contributed by atoms with E-state index in [2.05, 4.69) is 45.9 Å². The van der Waals surface area contributed by atoms with Gasteiger partial charge in [0, 0.05) is 19.6 Å². The van der Waals surface area contributed by atoms with Crippen molar-refractivity contribution in [3.05, 3.63) is 0 Å². The van der Waals surface area contributed by atoms with Crippen molar-refractivity contribution in [1.29, 1.82) is 0 Å². The molecule has 0 radical (unpaired) electrons. The lowest BCUT2D eigenvalue weighted by molar-refractivity contribution is 0.389. The predicted molar refractivity (Wildman–Crippen MR) is 82.9 cm³/mol. The van der Waals surface area contributed by atoms with E-state index in [0.29, 0.717) is 23.3 Å². The molecule has 0 aromatic carbocycles. The average molecular weight is 278 g/mol. The Bertz CT molecular complexity index is 434. The normalized spacial score (nSPS) is 16.2. The SMILES string of the molecule is CC(C)(C)CCNc1nc(N)nc(N2CCCCC2)n1. The summed E-state index contributed by atoms with van der Waals surface area (Å²) in [5.74, 6) is 1.58. The summed E-state index contributed by atoms with van der Waals surface area (Å²) in [7, 11) is 0. The second kappa shape index (κ2) is 6.24. The largest absolute Gasteiger partial charge is 0.368 e. The number of hydrogen-bond donors (Lipinski definition) is 2. The lowest BCUT2D eigenvalue weighted by Gasteiger charge is -2.26. The highest BCUT2D eigenvalue weighted by Gasteiger charge is 2.16. The van der Waals surface area contributed by atoms with Crippen LogP contribution in [0.5, 0.6) is 0 Å². The van der Waals surface area contributed by atoms with Crippen LogP contribution in [0.1, 0.15) is 46.5 Å². The molecule has 1 aliphatic heterocycles. The molecule has 0 spiro atoms. The second-order valence-corrected chi connectivity index (χ2v) is 6.60. The summed E-state index contributed by atoms with van der Waals surface area (Å²) in [6, 6.07) is 0. The molecular weight excluding hydrogens is 252 g/mol. The summed E-state index contributed by atoms with van der Waals surface area (Å²) in [6.07, 6.45) is 4.72. The van der Waals surface area contributed by atoms with Crippen molar-refractivity contribution in [2.24, 2.45) is 5.41 Å². The molecule has 1 aromatic heterocycles. The summed E-state index contributed by atoms with van der Waals surface area (Å²) < 4.78 is 0. The fourth-order valence-corrected chi connectivity index (χ4v) is 2.24. The zero-order valence-corrected chi connectivity index (χ0v) is 12.8.